The Morgan fingerprint density at radius 3 is 2.79 bits per heavy atom. The van der Waals surface area contributed by atoms with Crippen LogP contribution in [0.15, 0.2) is 58.8 Å². The lowest BCUT2D eigenvalue weighted by molar-refractivity contribution is -0.135. The molecule has 1 aliphatic rings. The van der Waals surface area contributed by atoms with Gasteiger partial charge in [-0.15, -0.1) is 0 Å². The molecular weight excluding hydrogens is 358 g/mol. The smallest absolute Gasteiger partial charge is 0.283 e. The van der Waals surface area contributed by atoms with Crippen molar-refractivity contribution in [3.8, 4) is 11.5 Å². The van der Waals surface area contributed by atoms with Crippen LogP contribution in [0.4, 0.5) is 0 Å². The minimum Gasteiger partial charge on any atom is -0.493 e. The molecule has 0 unspecified atom stereocenters. The Kier molecular flexibility index (Phi) is 6.62. The van der Waals surface area contributed by atoms with Crippen molar-refractivity contribution in [1.29, 1.82) is 0 Å². The van der Waals surface area contributed by atoms with E-state index < -0.39 is 0 Å². The van der Waals surface area contributed by atoms with E-state index in [1.807, 2.05) is 43.3 Å². The molecule has 3 rings (SSSR count). The molecule has 0 bridgehead atoms. The Morgan fingerprint density at radius 2 is 2.04 bits per heavy atom. The first kappa shape index (κ1) is 19.4. The van der Waals surface area contributed by atoms with Gasteiger partial charge < -0.3 is 14.3 Å². The molecule has 0 fully saturated rings. The van der Waals surface area contributed by atoms with Gasteiger partial charge in [-0.1, -0.05) is 35.5 Å². The molecule has 0 saturated heterocycles. The molecule has 2 aromatic carbocycles. The van der Waals surface area contributed by atoms with Crippen molar-refractivity contribution in [1.82, 2.24) is 5.01 Å². The molecule has 7 nitrogen and oxygen atoms in total. The van der Waals surface area contributed by atoms with Gasteiger partial charge in [0.15, 0.2) is 18.1 Å². The summed E-state index contributed by atoms with van der Waals surface area (Å²) in [5, 5.41) is 9.68. The first-order valence-corrected chi connectivity index (χ1v) is 9.10. The fourth-order valence-electron chi connectivity index (χ4n) is 2.77. The Balaban J connectivity index is 1.52. The fraction of sp³-hybridized carbons (Fsp3) is 0.286. The van der Waals surface area contributed by atoms with E-state index >= 15 is 0 Å². The van der Waals surface area contributed by atoms with E-state index in [9.17, 15) is 4.79 Å². The number of oxime groups is 1. The van der Waals surface area contributed by atoms with Gasteiger partial charge in [0.25, 0.3) is 5.91 Å². The largest absolute Gasteiger partial charge is 0.493 e. The summed E-state index contributed by atoms with van der Waals surface area (Å²) in [4.78, 5) is 17.4. The standard InChI is InChI=1S/C21H23N3O4/c1-3-27-19-10-9-16(13-20(19)26-2)14-22-28-15-21(25)24-12-11-18(23-24)17-7-5-4-6-8-17/h4-10,13-14H,3,11-12,15H2,1-2H3/b22-14+. The zero-order valence-corrected chi connectivity index (χ0v) is 16.0. The minimum absolute atomic E-state index is 0.170. The molecule has 1 aliphatic heterocycles. The van der Waals surface area contributed by atoms with Crippen molar-refractivity contribution in [3.05, 3.63) is 59.7 Å². The molecule has 2 aromatic rings. The van der Waals surface area contributed by atoms with Crippen molar-refractivity contribution in [2.75, 3.05) is 26.9 Å². The third-order valence-electron chi connectivity index (χ3n) is 4.15. The van der Waals surface area contributed by atoms with Crippen LogP contribution in [0.25, 0.3) is 0 Å². The van der Waals surface area contributed by atoms with E-state index in [1.54, 1.807) is 19.2 Å². The third kappa shape index (κ3) is 4.88. The summed E-state index contributed by atoms with van der Waals surface area (Å²) in [6.07, 6.45) is 2.25. The van der Waals surface area contributed by atoms with Crippen molar-refractivity contribution < 1.29 is 19.1 Å². The second kappa shape index (κ2) is 9.55. The Hall–Kier alpha value is -3.35. The van der Waals surface area contributed by atoms with Crippen molar-refractivity contribution in [2.24, 2.45) is 10.3 Å². The molecule has 7 heteroatoms. The lowest BCUT2D eigenvalue weighted by Gasteiger charge is -2.10. The molecule has 0 radical (unpaired) electrons. The number of amides is 1. The Labute approximate surface area is 164 Å². The highest BCUT2D eigenvalue weighted by Crippen LogP contribution is 2.27. The lowest BCUT2D eigenvalue weighted by atomic mass is 10.1. The van der Waals surface area contributed by atoms with Gasteiger partial charge in [-0.3, -0.25) is 4.79 Å². The highest BCUT2D eigenvalue weighted by Gasteiger charge is 2.21. The number of carbonyl (C=O) groups excluding carboxylic acids is 1. The molecular formula is C21H23N3O4. The molecule has 146 valence electrons. The number of hydrazone groups is 1. The fourth-order valence-corrected chi connectivity index (χ4v) is 2.77. The molecule has 0 aromatic heterocycles. The van der Waals surface area contributed by atoms with Crippen LogP contribution in [0.3, 0.4) is 0 Å². The monoisotopic (exact) mass is 381 g/mol. The second-order valence-corrected chi connectivity index (χ2v) is 6.03. The van der Waals surface area contributed by atoms with Crippen LogP contribution in [-0.4, -0.2) is 49.7 Å². The van der Waals surface area contributed by atoms with E-state index in [-0.39, 0.29) is 12.5 Å². The summed E-state index contributed by atoms with van der Waals surface area (Å²) in [6, 6.07) is 15.3. The lowest BCUT2D eigenvalue weighted by Crippen LogP contribution is -2.26. The third-order valence-corrected chi connectivity index (χ3v) is 4.15. The number of methoxy groups -OCH3 is 1. The zero-order chi connectivity index (χ0) is 19.8. The van der Waals surface area contributed by atoms with E-state index in [0.29, 0.717) is 24.7 Å². The summed E-state index contributed by atoms with van der Waals surface area (Å²) in [6.45, 7) is 2.84. The summed E-state index contributed by atoms with van der Waals surface area (Å²) in [5.74, 6) is 1.05. The first-order chi connectivity index (χ1) is 13.7. The predicted octanol–water partition coefficient (Wildman–Crippen LogP) is 3.08. The van der Waals surface area contributed by atoms with E-state index in [4.69, 9.17) is 14.3 Å². The molecule has 0 aliphatic carbocycles. The van der Waals surface area contributed by atoms with Crippen LogP contribution in [0.5, 0.6) is 11.5 Å². The zero-order valence-electron chi connectivity index (χ0n) is 16.0. The average Bonchev–Trinajstić information content (AvgIpc) is 3.23. The van der Waals surface area contributed by atoms with Crippen LogP contribution in [0.1, 0.15) is 24.5 Å². The van der Waals surface area contributed by atoms with Crippen LogP contribution in [-0.2, 0) is 9.63 Å². The molecule has 28 heavy (non-hydrogen) atoms. The number of rotatable bonds is 8. The maximum absolute atomic E-state index is 12.2. The maximum Gasteiger partial charge on any atom is 0.283 e. The van der Waals surface area contributed by atoms with Gasteiger partial charge in [0.1, 0.15) is 0 Å². The number of benzene rings is 2. The van der Waals surface area contributed by atoms with Crippen molar-refractivity contribution in [2.45, 2.75) is 13.3 Å². The van der Waals surface area contributed by atoms with Crippen LogP contribution >= 0.6 is 0 Å². The molecule has 1 heterocycles. The average molecular weight is 381 g/mol. The maximum atomic E-state index is 12.2. The van der Waals surface area contributed by atoms with Gasteiger partial charge in [-0.25, -0.2) is 5.01 Å². The second-order valence-electron chi connectivity index (χ2n) is 6.03. The molecule has 1 amide bonds. The van der Waals surface area contributed by atoms with Gasteiger partial charge in [-0.05, 0) is 30.7 Å². The van der Waals surface area contributed by atoms with Gasteiger partial charge in [-0.2, -0.15) is 5.10 Å². The van der Waals surface area contributed by atoms with Gasteiger partial charge >= 0.3 is 0 Å². The topological polar surface area (TPSA) is 72.7 Å². The summed E-state index contributed by atoms with van der Waals surface area (Å²) in [7, 11) is 1.58. The molecule has 0 spiro atoms. The Bertz CT molecular complexity index is 865. The number of nitrogens with zero attached hydrogens (tertiary/aromatic N) is 3. The normalized spacial score (nSPS) is 13.5. The number of hydrogen-bond donors (Lipinski definition) is 0. The van der Waals surface area contributed by atoms with Crippen molar-refractivity contribution in [3.63, 3.8) is 0 Å². The first-order valence-electron chi connectivity index (χ1n) is 9.10. The number of carbonyl (C=O) groups is 1. The van der Waals surface area contributed by atoms with Crippen LogP contribution in [0, 0.1) is 0 Å². The van der Waals surface area contributed by atoms with Gasteiger partial charge in [0, 0.05) is 12.0 Å². The van der Waals surface area contributed by atoms with E-state index in [2.05, 4.69) is 10.3 Å². The molecule has 0 atom stereocenters. The highest BCUT2D eigenvalue weighted by atomic mass is 16.6. The van der Waals surface area contributed by atoms with E-state index in [1.165, 1.54) is 11.2 Å². The number of ether oxygens (including phenoxy) is 2. The summed E-state index contributed by atoms with van der Waals surface area (Å²) >= 11 is 0. The quantitative estimate of drug-likeness (QED) is 0.520. The number of hydrogen-bond acceptors (Lipinski definition) is 6. The molecule has 0 N–H and O–H groups in total. The van der Waals surface area contributed by atoms with Gasteiger partial charge in [0.05, 0.1) is 32.2 Å². The highest BCUT2D eigenvalue weighted by molar-refractivity contribution is 6.02. The minimum atomic E-state index is -0.229. The van der Waals surface area contributed by atoms with E-state index in [0.717, 1.165) is 23.3 Å². The Morgan fingerprint density at radius 1 is 1.21 bits per heavy atom. The summed E-state index contributed by atoms with van der Waals surface area (Å²) in [5.41, 5.74) is 2.71. The van der Waals surface area contributed by atoms with Crippen LogP contribution in [0.2, 0.25) is 0 Å². The molecule has 0 saturated carbocycles. The van der Waals surface area contributed by atoms with Gasteiger partial charge in [0.2, 0.25) is 0 Å². The van der Waals surface area contributed by atoms with Crippen LogP contribution < -0.4 is 9.47 Å². The predicted molar refractivity (Wildman–Crippen MR) is 107 cm³/mol. The van der Waals surface area contributed by atoms with Crippen molar-refractivity contribution >= 4 is 17.8 Å². The summed E-state index contributed by atoms with van der Waals surface area (Å²) < 4.78 is 10.8. The SMILES string of the molecule is CCOc1ccc(/C=N/OCC(=O)N2CCC(c3ccccc3)=N2)cc1OC.